The van der Waals surface area contributed by atoms with Crippen LogP contribution >= 0.6 is 0 Å². The largest absolute Gasteiger partial charge is 0.494 e. The fourth-order valence-electron chi connectivity index (χ4n) is 2.38. The van der Waals surface area contributed by atoms with Gasteiger partial charge in [0.15, 0.2) is 0 Å². The maximum Gasteiger partial charge on any atom is 0.327 e. The zero-order chi connectivity index (χ0) is 19.8. The van der Waals surface area contributed by atoms with Crippen molar-refractivity contribution >= 4 is 17.7 Å². The van der Waals surface area contributed by atoms with Crippen molar-refractivity contribution < 1.29 is 18.3 Å². The molecule has 0 spiro atoms. The molecule has 8 heteroatoms. The first-order chi connectivity index (χ1) is 13.6. The van der Waals surface area contributed by atoms with Crippen molar-refractivity contribution in [2.24, 2.45) is 0 Å². The molecule has 0 saturated heterocycles. The van der Waals surface area contributed by atoms with Crippen LogP contribution in [0.3, 0.4) is 0 Å². The number of aromatic nitrogens is 2. The summed E-state index contributed by atoms with van der Waals surface area (Å²) < 4.78 is 23.9. The van der Waals surface area contributed by atoms with E-state index in [2.05, 4.69) is 27.8 Å². The molecule has 3 aromatic rings. The Balaban J connectivity index is 1.49. The van der Waals surface area contributed by atoms with Crippen LogP contribution in [0.1, 0.15) is 31.2 Å². The van der Waals surface area contributed by atoms with E-state index in [9.17, 15) is 9.18 Å². The fourth-order valence-corrected chi connectivity index (χ4v) is 2.38. The topological polar surface area (TPSA) is 89.3 Å². The molecular weight excluding hydrogens is 363 g/mol. The Morgan fingerprint density at radius 1 is 1.07 bits per heavy atom. The summed E-state index contributed by atoms with van der Waals surface area (Å²) in [6.45, 7) is 2.77. The monoisotopic (exact) mass is 384 g/mol. The lowest BCUT2D eigenvalue weighted by Gasteiger charge is -2.07. The Bertz CT molecular complexity index is 895. The van der Waals surface area contributed by atoms with Crippen LogP contribution in [0.15, 0.2) is 52.9 Å². The molecule has 2 N–H and O–H groups in total. The summed E-state index contributed by atoms with van der Waals surface area (Å²) in [5, 5.41) is 12.8. The van der Waals surface area contributed by atoms with Crippen LogP contribution in [0.25, 0.3) is 0 Å². The van der Waals surface area contributed by atoms with Gasteiger partial charge in [0, 0.05) is 5.69 Å². The smallest absolute Gasteiger partial charge is 0.327 e. The SMILES string of the molecule is CCCCOc1ccc(NC(=O)Nc2nnc(Cc3ccc(F)cc3)o2)cc1. The van der Waals surface area contributed by atoms with E-state index >= 15 is 0 Å². The molecule has 0 atom stereocenters. The number of urea groups is 1. The first-order valence-electron chi connectivity index (χ1n) is 9.00. The molecule has 0 saturated carbocycles. The van der Waals surface area contributed by atoms with Gasteiger partial charge in [-0.25, -0.2) is 9.18 Å². The summed E-state index contributed by atoms with van der Waals surface area (Å²) in [6.07, 6.45) is 2.41. The van der Waals surface area contributed by atoms with E-state index in [1.54, 1.807) is 36.4 Å². The van der Waals surface area contributed by atoms with Gasteiger partial charge in [-0.2, -0.15) is 0 Å². The van der Waals surface area contributed by atoms with Crippen molar-refractivity contribution in [2.75, 3.05) is 17.2 Å². The highest BCUT2D eigenvalue weighted by atomic mass is 19.1. The van der Waals surface area contributed by atoms with Gasteiger partial charge >= 0.3 is 12.0 Å². The molecule has 0 aliphatic carbocycles. The molecule has 7 nitrogen and oxygen atoms in total. The number of amides is 2. The fraction of sp³-hybridized carbons (Fsp3) is 0.250. The number of ether oxygens (including phenoxy) is 1. The van der Waals surface area contributed by atoms with Gasteiger partial charge in [0.05, 0.1) is 13.0 Å². The molecule has 3 rings (SSSR count). The minimum absolute atomic E-state index is 0.0193. The molecule has 146 valence electrons. The number of benzene rings is 2. The van der Waals surface area contributed by atoms with Crippen molar-refractivity contribution in [1.29, 1.82) is 0 Å². The number of carbonyl (C=O) groups is 1. The van der Waals surface area contributed by atoms with Crippen molar-refractivity contribution in [3.05, 3.63) is 65.8 Å². The van der Waals surface area contributed by atoms with Crippen LogP contribution in [-0.4, -0.2) is 22.8 Å². The van der Waals surface area contributed by atoms with Gasteiger partial charge in [-0.15, -0.1) is 5.10 Å². The second-order valence-corrected chi connectivity index (χ2v) is 6.11. The molecule has 1 heterocycles. The van der Waals surface area contributed by atoms with Gasteiger partial charge in [-0.05, 0) is 48.4 Å². The highest BCUT2D eigenvalue weighted by Gasteiger charge is 2.11. The minimum atomic E-state index is -0.503. The molecule has 0 unspecified atom stereocenters. The maximum absolute atomic E-state index is 12.9. The van der Waals surface area contributed by atoms with Crippen LogP contribution < -0.4 is 15.4 Å². The Labute approximate surface area is 161 Å². The molecule has 2 amide bonds. The third-order valence-corrected chi connectivity index (χ3v) is 3.83. The van der Waals surface area contributed by atoms with Crippen LogP contribution in [0.4, 0.5) is 20.9 Å². The van der Waals surface area contributed by atoms with E-state index in [4.69, 9.17) is 9.15 Å². The van der Waals surface area contributed by atoms with Crippen molar-refractivity contribution in [1.82, 2.24) is 10.2 Å². The highest BCUT2D eigenvalue weighted by Crippen LogP contribution is 2.17. The van der Waals surface area contributed by atoms with Crippen molar-refractivity contribution in [3.63, 3.8) is 0 Å². The lowest BCUT2D eigenvalue weighted by molar-refractivity contribution is 0.261. The van der Waals surface area contributed by atoms with E-state index in [-0.39, 0.29) is 11.8 Å². The van der Waals surface area contributed by atoms with Crippen molar-refractivity contribution in [3.8, 4) is 5.75 Å². The Morgan fingerprint density at radius 3 is 2.54 bits per heavy atom. The normalized spacial score (nSPS) is 10.5. The summed E-state index contributed by atoms with van der Waals surface area (Å²) in [5.74, 6) is 0.756. The summed E-state index contributed by atoms with van der Waals surface area (Å²) in [7, 11) is 0. The van der Waals surface area contributed by atoms with Gasteiger partial charge in [-0.3, -0.25) is 5.32 Å². The van der Waals surface area contributed by atoms with Crippen molar-refractivity contribution in [2.45, 2.75) is 26.2 Å². The van der Waals surface area contributed by atoms with Crippen LogP contribution in [0.2, 0.25) is 0 Å². The first kappa shape index (κ1) is 19.3. The number of anilines is 2. The average Bonchev–Trinajstić information content (AvgIpc) is 3.12. The third-order valence-electron chi connectivity index (χ3n) is 3.83. The maximum atomic E-state index is 12.9. The predicted octanol–water partition coefficient (Wildman–Crippen LogP) is 4.62. The molecule has 0 fully saturated rings. The zero-order valence-electron chi connectivity index (χ0n) is 15.4. The number of hydrogen-bond donors (Lipinski definition) is 2. The van der Waals surface area contributed by atoms with Gasteiger partial charge in [0.25, 0.3) is 0 Å². The first-order valence-corrected chi connectivity index (χ1v) is 9.00. The van der Waals surface area contributed by atoms with E-state index < -0.39 is 6.03 Å². The Hall–Kier alpha value is -3.42. The molecule has 0 aliphatic rings. The summed E-state index contributed by atoms with van der Waals surface area (Å²) in [6, 6.07) is 12.5. The van der Waals surface area contributed by atoms with E-state index in [0.29, 0.717) is 24.6 Å². The molecule has 0 radical (unpaired) electrons. The molecule has 1 aromatic heterocycles. The third kappa shape index (κ3) is 5.80. The van der Waals surface area contributed by atoms with Gasteiger partial charge in [-0.1, -0.05) is 30.6 Å². The molecule has 2 aromatic carbocycles. The molecule has 0 aliphatic heterocycles. The number of nitrogens with zero attached hydrogens (tertiary/aromatic N) is 2. The number of halogens is 1. The van der Waals surface area contributed by atoms with E-state index in [1.165, 1.54) is 12.1 Å². The number of nitrogens with one attached hydrogen (secondary N) is 2. The average molecular weight is 384 g/mol. The molecule has 28 heavy (non-hydrogen) atoms. The van der Waals surface area contributed by atoms with Crippen LogP contribution in [0.5, 0.6) is 5.75 Å². The van der Waals surface area contributed by atoms with Crippen LogP contribution in [0, 0.1) is 5.82 Å². The predicted molar refractivity (Wildman–Crippen MR) is 103 cm³/mol. The highest BCUT2D eigenvalue weighted by molar-refractivity contribution is 5.98. The quantitative estimate of drug-likeness (QED) is 0.553. The van der Waals surface area contributed by atoms with E-state index in [1.807, 2.05) is 0 Å². The van der Waals surface area contributed by atoms with Gasteiger partial charge in [0.1, 0.15) is 11.6 Å². The standard InChI is InChI=1S/C20H21FN4O3/c1-2-3-12-27-17-10-8-16(9-11-17)22-19(26)23-20-25-24-18(28-20)13-14-4-6-15(21)7-5-14/h4-11H,2-3,12-13H2,1H3,(H2,22,23,25,26). The van der Waals surface area contributed by atoms with Gasteiger partial charge in [0.2, 0.25) is 5.89 Å². The van der Waals surface area contributed by atoms with Crippen LogP contribution in [-0.2, 0) is 6.42 Å². The van der Waals surface area contributed by atoms with E-state index in [0.717, 1.165) is 24.2 Å². The van der Waals surface area contributed by atoms with Gasteiger partial charge < -0.3 is 14.5 Å². The Kier molecular flexibility index (Phi) is 6.56. The number of rotatable bonds is 8. The zero-order valence-corrected chi connectivity index (χ0v) is 15.4. The lowest BCUT2D eigenvalue weighted by Crippen LogP contribution is -2.19. The number of hydrogen-bond acceptors (Lipinski definition) is 5. The lowest BCUT2D eigenvalue weighted by atomic mass is 10.1. The Morgan fingerprint density at radius 2 is 1.82 bits per heavy atom. The summed E-state index contributed by atoms with van der Waals surface area (Å²) in [5.41, 5.74) is 1.42. The second-order valence-electron chi connectivity index (χ2n) is 6.11. The number of carbonyl (C=O) groups excluding carboxylic acids is 1. The summed E-state index contributed by atoms with van der Waals surface area (Å²) in [4.78, 5) is 12.1. The summed E-state index contributed by atoms with van der Waals surface area (Å²) >= 11 is 0. The molecule has 0 bridgehead atoms. The number of unbranched alkanes of at least 4 members (excludes halogenated alkanes) is 1. The minimum Gasteiger partial charge on any atom is -0.494 e. The molecular formula is C20H21FN4O3. The second kappa shape index (κ2) is 9.50.